The van der Waals surface area contributed by atoms with Crippen molar-refractivity contribution < 1.29 is 0 Å². The second-order valence-corrected chi connectivity index (χ2v) is 3.56. The van der Waals surface area contributed by atoms with E-state index in [1.165, 1.54) is 0 Å². The van der Waals surface area contributed by atoms with Gasteiger partial charge in [-0.25, -0.2) is 0 Å². The number of halogens is 1. The third-order valence-electron chi connectivity index (χ3n) is 1.81. The first-order chi connectivity index (χ1) is 6.75. The Kier molecular flexibility index (Phi) is 2.61. The molecule has 0 atom stereocenters. The quantitative estimate of drug-likeness (QED) is 0.547. The van der Waals surface area contributed by atoms with E-state index in [1.807, 2.05) is 24.3 Å². The molecule has 0 N–H and O–H groups in total. The molecule has 0 fully saturated rings. The highest BCUT2D eigenvalue weighted by Gasteiger charge is 1.96. The van der Waals surface area contributed by atoms with Gasteiger partial charge in [0.1, 0.15) is 0 Å². The first-order valence-electron chi connectivity index (χ1n) is 4.01. The number of nitrogens with zero attached hydrogens (tertiary/aromatic N) is 2. The van der Waals surface area contributed by atoms with Gasteiger partial charge in [-0.3, -0.25) is 9.97 Å². The van der Waals surface area contributed by atoms with Crippen LogP contribution >= 0.6 is 11.6 Å². The molecule has 0 aliphatic carbocycles. The summed E-state index contributed by atoms with van der Waals surface area (Å²) in [6, 6.07) is 7.51. The van der Waals surface area contributed by atoms with Crippen LogP contribution in [0.5, 0.6) is 0 Å². The van der Waals surface area contributed by atoms with E-state index < -0.39 is 0 Å². The molecule has 0 aliphatic heterocycles. The number of hydrogen-bond donors (Lipinski definition) is 0. The molecule has 2 rings (SSSR count). The molecule has 0 aliphatic rings. The van der Waals surface area contributed by atoms with Crippen LogP contribution in [0.1, 0.15) is 0 Å². The molecule has 70 valence electrons. The van der Waals surface area contributed by atoms with E-state index in [9.17, 15) is 0 Å². The predicted molar refractivity (Wildman–Crippen MR) is 58.1 cm³/mol. The molecule has 1 aromatic carbocycles. The Hall–Kier alpha value is -1.19. The number of hydrogen-bond acceptors (Lipinski definition) is 3. The van der Waals surface area contributed by atoms with Crippen molar-refractivity contribution in [1.29, 1.82) is 0 Å². The highest BCUT2D eigenvalue weighted by molar-refractivity contribution is 7.58. The van der Waals surface area contributed by atoms with Crippen LogP contribution < -0.4 is 0 Å². The van der Waals surface area contributed by atoms with E-state index in [0.29, 0.717) is 5.16 Å². The zero-order valence-corrected chi connectivity index (χ0v) is 8.72. The number of benzene rings is 1. The summed E-state index contributed by atoms with van der Waals surface area (Å²) < 4.78 is 0. The Morgan fingerprint density at radius 1 is 0.929 bits per heavy atom. The molecular formula is C10H6ClN2S-. The number of aromatic nitrogens is 2. The van der Waals surface area contributed by atoms with Crippen LogP contribution in [0.25, 0.3) is 11.1 Å². The van der Waals surface area contributed by atoms with E-state index >= 15 is 0 Å². The Morgan fingerprint density at radius 2 is 1.50 bits per heavy atom. The normalized spacial score (nSPS) is 10.1. The van der Waals surface area contributed by atoms with Crippen LogP contribution in [0.4, 0.5) is 0 Å². The fourth-order valence-corrected chi connectivity index (χ4v) is 1.34. The van der Waals surface area contributed by atoms with Crippen molar-refractivity contribution in [3.63, 3.8) is 0 Å². The molecule has 0 saturated heterocycles. The highest BCUT2D eigenvalue weighted by atomic mass is 35.5. The second kappa shape index (κ2) is 3.90. The fraction of sp³-hybridized carbons (Fsp3) is 0. The monoisotopic (exact) mass is 221 g/mol. The van der Waals surface area contributed by atoms with E-state index in [0.717, 1.165) is 16.1 Å². The Balaban J connectivity index is 2.40. The van der Waals surface area contributed by atoms with Gasteiger partial charge in [-0.05, 0) is 17.7 Å². The fourth-order valence-electron chi connectivity index (χ4n) is 1.11. The summed E-state index contributed by atoms with van der Waals surface area (Å²) in [4.78, 5) is 7.90. The van der Waals surface area contributed by atoms with E-state index in [2.05, 4.69) is 9.97 Å². The predicted octanol–water partition coefficient (Wildman–Crippen LogP) is 2.70. The van der Waals surface area contributed by atoms with Gasteiger partial charge in [0.05, 0.1) is 0 Å². The largest absolute Gasteiger partial charge is 0.740 e. The lowest BCUT2D eigenvalue weighted by molar-refractivity contribution is 0.976. The first kappa shape index (κ1) is 9.37. The van der Waals surface area contributed by atoms with Crippen LogP contribution in [-0.4, -0.2) is 9.97 Å². The van der Waals surface area contributed by atoms with Crippen molar-refractivity contribution in [2.24, 2.45) is 0 Å². The van der Waals surface area contributed by atoms with Gasteiger partial charge in [-0.2, -0.15) is 0 Å². The SMILES string of the molecule is [S-]c1ncc(-c2ccc(Cl)cc2)cn1. The van der Waals surface area contributed by atoms with Crippen molar-refractivity contribution in [2.75, 3.05) is 0 Å². The molecule has 1 aromatic heterocycles. The molecule has 0 amide bonds. The lowest BCUT2D eigenvalue weighted by atomic mass is 10.1. The summed E-state index contributed by atoms with van der Waals surface area (Å²) in [5.41, 5.74) is 1.97. The third-order valence-corrected chi connectivity index (χ3v) is 2.27. The Labute approximate surface area is 92.4 Å². The molecule has 0 spiro atoms. The van der Waals surface area contributed by atoms with Crippen molar-refractivity contribution in [1.82, 2.24) is 9.97 Å². The van der Waals surface area contributed by atoms with Gasteiger partial charge in [0.2, 0.25) is 0 Å². The van der Waals surface area contributed by atoms with Crippen LogP contribution in [0, 0.1) is 0 Å². The minimum Gasteiger partial charge on any atom is -0.740 e. The van der Waals surface area contributed by atoms with Gasteiger partial charge in [0.25, 0.3) is 0 Å². The molecule has 1 heterocycles. The van der Waals surface area contributed by atoms with Crippen molar-refractivity contribution in [3.8, 4) is 11.1 Å². The molecule has 0 bridgehead atoms. The maximum Gasteiger partial charge on any atom is 0.0406 e. The first-order valence-corrected chi connectivity index (χ1v) is 4.79. The molecule has 2 nitrogen and oxygen atoms in total. The average molecular weight is 222 g/mol. The molecule has 4 heteroatoms. The van der Waals surface area contributed by atoms with Gasteiger partial charge in [0.15, 0.2) is 0 Å². The molecule has 0 saturated carbocycles. The summed E-state index contributed by atoms with van der Waals surface area (Å²) >= 11 is 10.6. The average Bonchev–Trinajstić information content (AvgIpc) is 2.21. The molecular weight excluding hydrogens is 216 g/mol. The molecule has 0 radical (unpaired) electrons. The Morgan fingerprint density at radius 3 is 2.07 bits per heavy atom. The highest BCUT2D eigenvalue weighted by Crippen LogP contribution is 2.19. The van der Waals surface area contributed by atoms with Crippen molar-refractivity contribution in [2.45, 2.75) is 5.16 Å². The molecule has 2 aromatic rings. The summed E-state index contributed by atoms with van der Waals surface area (Å²) in [6.07, 6.45) is 3.41. The summed E-state index contributed by atoms with van der Waals surface area (Å²) in [7, 11) is 0. The van der Waals surface area contributed by atoms with Crippen LogP contribution in [-0.2, 0) is 12.6 Å². The van der Waals surface area contributed by atoms with Gasteiger partial charge < -0.3 is 12.6 Å². The second-order valence-electron chi connectivity index (χ2n) is 2.76. The van der Waals surface area contributed by atoms with Crippen LogP contribution in [0.2, 0.25) is 5.02 Å². The smallest absolute Gasteiger partial charge is 0.0406 e. The summed E-state index contributed by atoms with van der Waals surface area (Å²) in [6.45, 7) is 0. The minimum absolute atomic E-state index is 0.364. The van der Waals surface area contributed by atoms with Gasteiger partial charge in [0, 0.05) is 28.1 Å². The zero-order valence-electron chi connectivity index (χ0n) is 7.14. The van der Waals surface area contributed by atoms with Crippen LogP contribution in [0.3, 0.4) is 0 Å². The van der Waals surface area contributed by atoms with E-state index in [-0.39, 0.29) is 0 Å². The molecule has 0 unspecified atom stereocenters. The maximum absolute atomic E-state index is 5.78. The van der Waals surface area contributed by atoms with Gasteiger partial charge >= 0.3 is 0 Å². The molecule has 14 heavy (non-hydrogen) atoms. The van der Waals surface area contributed by atoms with Crippen LogP contribution in [0.15, 0.2) is 41.8 Å². The maximum atomic E-state index is 5.78. The topological polar surface area (TPSA) is 25.8 Å². The van der Waals surface area contributed by atoms with E-state index in [4.69, 9.17) is 24.2 Å². The standard InChI is InChI=1S/C10H7ClN2S/c11-9-3-1-7(2-4-9)8-5-12-10(14)13-6-8/h1-6H,(H,12,13,14)/p-1. The lowest BCUT2D eigenvalue weighted by Crippen LogP contribution is -1.86. The number of rotatable bonds is 1. The minimum atomic E-state index is 0.364. The lowest BCUT2D eigenvalue weighted by Gasteiger charge is -2.04. The summed E-state index contributed by atoms with van der Waals surface area (Å²) in [5.74, 6) is 0. The van der Waals surface area contributed by atoms with Crippen molar-refractivity contribution >= 4 is 24.2 Å². The van der Waals surface area contributed by atoms with Gasteiger partial charge in [-0.1, -0.05) is 23.7 Å². The summed E-state index contributed by atoms with van der Waals surface area (Å²) in [5, 5.41) is 1.08. The van der Waals surface area contributed by atoms with Crippen molar-refractivity contribution in [3.05, 3.63) is 41.7 Å². The van der Waals surface area contributed by atoms with E-state index in [1.54, 1.807) is 12.4 Å². The Bertz CT molecular complexity index is 381. The van der Waals surface area contributed by atoms with Gasteiger partial charge in [-0.15, -0.1) is 0 Å². The zero-order chi connectivity index (χ0) is 9.97. The third kappa shape index (κ3) is 2.00.